The van der Waals surface area contributed by atoms with E-state index in [1.165, 1.54) is 23.1 Å². The van der Waals surface area contributed by atoms with E-state index in [9.17, 15) is 9.59 Å². The second-order valence-corrected chi connectivity index (χ2v) is 9.71. The van der Waals surface area contributed by atoms with Crippen LogP contribution < -0.4 is 10.9 Å². The quantitative estimate of drug-likeness (QED) is 0.332. The number of aromatic nitrogens is 3. The number of hydrogen-bond donors (Lipinski definition) is 1. The Morgan fingerprint density at radius 2 is 1.94 bits per heavy atom. The monoisotopic (exact) mass is 452 g/mol. The topological polar surface area (TPSA) is 76.9 Å². The number of fused-ring (bicyclic) bond motifs is 3. The summed E-state index contributed by atoms with van der Waals surface area (Å²) >= 11 is 2.67. The third-order valence-corrected chi connectivity index (χ3v) is 6.99. The molecular weight excluding hydrogens is 428 g/mol. The highest BCUT2D eigenvalue weighted by Gasteiger charge is 2.19. The fraction of sp³-hybridized carbons (Fsp3) is 0.304. The van der Waals surface area contributed by atoms with Crippen molar-refractivity contribution in [1.82, 2.24) is 19.9 Å². The number of amides is 1. The molecule has 0 bridgehead atoms. The van der Waals surface area contributed by atoms with E-state index in [1.54, 1.807) is 10.8 Å². The van der Waals surface area contributed by atoms with Gasteiger partial charge in [0.25, 0.3) is 5.56 Å². The Balaban J connectivity index is 1.77. The summed E-state index contributed by atoms with van der Waals surface area (Å²) in [5.74, 6) is 0.249. The lowest BCUT2D eigenvalue weighted by molar-refractivity contribution is -0.119. The van der Waals surface area contributed by atoms with Crippen molar-refractivity contribution in [3.05, 3.63) is 64.6 Å². The van der Waals surface area contributed by atoms with Crippen molar-refractivity contribution in [1.29, 1.82) is 0 Å². The number of thioether (sulfide) groups is 1. The van der Waals surface area contributed by atoms with Crippen LogP contribution in [0.1, 0.15) is 32.3 Å². The maximum absolute atomic E-state index is 13.5. The van der Waals surface area contributed by atoms with Crippen LogP contribution in [-0.4, -0.2) is 32.2 Å². The lowest BCUT2D eigenvalue weighted by Gasteiger charge is -2.17. The second kappa shape index (κ2) is 9.20. The van der Waals surface area contributed by atoms with E-state index in [1.807, 2.05) is 44.2 Å². The van der Waals surface area contributed by atoms with Crippen LogP contribution in [0.15, 0.2) is 58.6 Å². The number of carbonyl (C=O) groups excluding carboxylic acids is 1. The van der Waals surface area contributed by atoms with E-state index in [4.69, 9.17) is 4.98 Å². The van der Waals surface area contributed by atoms with E-state index in [0.717, 1.165) is 15.8 Å². The van der Waals surface area contributed by atoms with Crippen LogP contribution in [0.4, 0.5) is 0 Å². The number of thiophene rings is 1. The molecule has 6 nitrogen and oxygen atoms in total. The molecule has 3 heterocycles. The van der Waals surface area contributed by atoms with Gasteiger partial charge in [0.15, 0.2) is 5.16 Å². The zero-order valence-electron chi connectivity index (χ0n) is 17.7. The SMILES string of the molecule is CC(C)NC(=O)CSc1nc2c(sc3ncccc32)c(=O)n1C[C@H](C)c1ccccc1. The lowest BCUT2D eigenvalue weighted by atomic mass is 10.0. The summed E-state index contributed by atoms with van der Waals surface area (Å²) < 4.78 is 2.31. The van der Waals surface area contributed by atoms with Gasteiger partial charge in [-0.2, -0.15) is 0 Å². The molecule has 4 aromatic rings. The molecule has 0 fully saturated rings. The van der Waals surface area contributed by atoms with Gasteiger partial charge in [0.05, 0.1) is 11.3 Å². The van der Waals surface area contributed by atoms with Gasteiger partial charge in [0.2, 0.25) is 5.91 Å². The van der Waals surface area contributed by atoms with Crippen LogP contribution in [-0.2, 0) is 11.3 Å². The van der Waals surface area contributed by atoms with Gasteiger partial charge in [0.1, 0.15) is 9.53 Å². The zero-order valence-corrected chi connectivity index (χ0v) is 19.3. The lowest BCUT2D eigenvalue weighted by Crippen LogP contribution is -2.32. The highest BCUT2D eigenvalue weighted by molar-refractivity contribution is 7.99. The predicted molar refractivity (Wildman–Crippen MR) is 128 cm³/mol. The largest absolute Gasteiger partial charge is 0.353 e. The standard InChI is InChI=1S/C23H24N4O2S2/c1-14(2)25-18(28)13-30-23-26-19-17-10-7-11-24-21(17)31-20(19)22(29)27(23)12-15(3)16-8-5-4-6-9-16/h4-11,14-15H,12-13H2,1-3H3,(H,25,28)/t15-/m0/s1. The minimum atomic E-state index is -0.0810. The average Bonchev–Trinajstić information content (AvgIpc) is 3.13. The normalized spacial score (nSPS) is 12.5. The van der Waals surface area contributed by atoms with Crippen molar-refractivity contribution in [3.63, 3.8) is 0 Å². The highest BCUT2D eigenvalue weighted by atomic mass is 32.2. The van der Waals surface area contributed by atoms with Crippen LogP contribution in [0.2, 0.25) is 0 Å². The summed E-state index contributed by atoms with van der Waals surface area (Å²) in [5, 5.41) is 4.32. The first-order valence-electron chi connectivity index (χ1n) is 10.2. The number of benzene rings is 1. The molecule has 0 unspecified atom stereocenters. The summed E-state index contributed by atoms with van der Waals surface area (Å²) in [5.41, 5.74) is 1.73. The summed E-state index contributed by atoms with van der Waals surface area (Å²) in [6.07, 6.45) is 1.72. The molecule has 0 saturated heterocycles. The number of nitrogens with one attached hydrogen (secondary N) is 1. The van der Waals surface area contributed by atoms with E-state index < -0.39 is 0 Å². The van der Waals surface area contributed by atoms with Crippen LogP contribution in [0, 0.1) is 0 Å². The first-order valence-corrected chi connectivity index (χ1v) is 12.0. The first kappa shape index (κ1) is 21.5. The average molecular weight is 453 g/mol. The minimum absolute atomic E-state index is 0.0655. The number of pyridine rings is 1. The van der Waals surface area contributed by atoms with Crippen molar-refractivity contribution in [2.75, 3.05) is 5.75 Å². The Morgan fingerprint density at radius 3 is 2.68 bits per heavy atom. The van der Waals surface area contributed by atoms with Gasteiger partial charge >= 0.3 is 0 Å². The molecule has 4 rings (SSSR count). The summed E-state index contributed by atoms with van der Waals surface area (Å²) in [6, 6.07) is 14.0. The molecule has 31 heavy (non-hydrogen) atoms. The Labute approximate surface area is 188 Å². The van der Waals surface area contributed by atoms with Crippen LogP contribution in [0.3, 0.4) is 0 Å². The van der Waals surface area contributed by atoms with Gasteiger partial charge < -0.3 is 5.32 Å². The van der Waals surface area contributed by atoms with Crippen molar-refractivity contribution in [2.45, 2.75) is 44.4 Å². The molecule has 1 N–H and O–H groups in total. The third-order valence-electron chi connectivity index (χ3n) is 4.92. The molecular formula is C23H24N4O2S2. The van der Waals surface area contributed by atoms with Crippen molar-refractivity contribution < 1.29 is 4.79 Å². The first-order chi connectivity index (χ1) is 14.9. The molecule has 0 aliphatic carbocycles. The van der Waals surface area contributed by atoms with Crippen LogP contribution >= 0.6 is 23.1 Å². The molecule has 0 radical (unpaired) electrons. The Kier molecular flexibility index (Phi) is 6.38. The number of nitrogens with zero attached hydrogens (tertiary/aromatic N) is 3. The molecule has 1 amide bonds. The predicted octanol–water partition coefficient (Wildman–Crippen LogP) is 4.43. The fourth-order valence-corrected chi connectivity index (χ4v) is 5.31. The second-order valence-electron chi connectivity index (χ2n) is 7.77. The Hall–Kier alpha value is -2.71. The van der Waals surface area contributed by atoms with Crippen molar-refractivity contribution in [2.24, 2.45) is 0 Å². The highest BCUT2D eigenvalue weighted by Crippen LogP contribution is 2.31. The maximum Gasteiger partial charge on any atom is 0.272 e. The fourth-order valence-electron chi connectivity index (χ4n) is 3.47. The van der Waals surface area contributed by atoms with Gasteiger partial charge in [-0.05, 0) is 37.5 Å². The Morgan fingerprint density at radius 1 is 1.16 bits per heavy atom. The summed E-state index contributed by atoms with van der Waals surface area (Å²) in [6.45, 7) is 6.43. The maximum atomic E-state index is 13.5. The molecule has 1 aromatic carbocycles. The molecule has 1 atom stereocenters. The molecule has 160 valence electrons. The zero-order chi connectivity index (χ0) is 22.0. The number of rotatable bonds is 7. The number of hydrogen-bond acceptors (Lipinski definition) is 6. The van der Waals surface area contributed by atoms with E-state index in [0.29, 0.717) is 21.9 Å². The van der Waals surface area contributed by atoms with Gasteiger partial charge in [-0.3, -0.25) is 14.2 Å². The summed E-state index contributed by atoms with van der Waals surface area (Å²) in [4.78, 5) is 35.8. The van der Waals surface area contributed by atoms with Gasteiger partial charge in [0, 0.05) is 24.2 Å². The van der Waals surface area contributed by atoms with Crippen LogP contribution in [0.5, 0.6) is 0 Å². The smallest absolute Gasteiger partial charge is 0.272 e. The molecule has 0 spiro atoms. The van der Waals surface area contributed by atoms with E-state index in [2.05, 4.69) is 29.4 Å². The van der Waals surface area contributed by atoms with Gasteiger partial charge in [-0.25, -0.2) is 9.97 Å². The van der Waals surface area contributed by atoms with Gasteiger partial charge in [-0.15, -0.1) is 11.3 Å². The third kappa shape index (κ3) is 4.65. The Bertz CT molecular complexity index is 1280. The minimum Gasteiger partial charge on any atom is -0.353 e. The molecule has 8 heteroatoms. The van der Waals surface area contributed by atoms with Gasteiger partial charge in [-0.1, -0.05) is 49.0 Å². The van der Waals surface area contributed by atoms with Crippen molar-refractivity contribution in [3.8, 4) is 0 Å². The van der Waals surface area contributed by atoms with Crippen LogP contribution in [0.25, 0.3) is 20.4 Å². The summed E-state index contributed by atoms with van der Waals surface area (Å²) in [7, 11) is 0. The van der Waals surface area contributed by atoms with Crippen molar-refractivity contribution >= 4 is 49.4 Å². The molecule has 0 saturated carbocycles. The molecule has 0 aliphatic rings. The van der Waals surface area contributed by atoms with E-state index in [-0.39, 0.29) is 29.2 Å². The molecule has 0 aliphatic heterocycles. The number of carbonyl (C=O) groups is 1. The van der Waals surface area contributed by atoms with E-state index >= 15 is 0 Å². The molecule has 3 aromatic heterocycles.